The molecule has 2 aliphatic heterocycles. The van der Waals surface area contributed by atoms with Crippen LogP contribution in [0.1, 0.15) is 17.2 Å². The van der Waals surface area contributed by atoms with E-state index in [0.29, 0.717) is 13.2 Å². The summed E-state index contributed by atoms with van der Waals surface area (Å²) in [5.74, 6) is 3.90. The molecule has 3 atom stereocenters. The number of hydrogen-bond donors (Lipinski definition) is 0. The Morgan fingerprint density at radius 3 is 1.68 bits per heavy atom. The minimum atomic E-state index is -0.0689. The van der Waals surface area contributed by atoms with Gasteiger partial charge in [-0.2, -0.15) is 0 Å². The Hall–Kier alpha value is -4.36. The third-order valence-corrected chi connectivity index (χ3v) is 7.56. The number of epoxide rings is 2. The van der Waals surface area contributed by atoms with E-state index >= 15 is 0 Å². The monoisotopic (exact) mass is 544 g/mol. The van der Waals surface area contributed by atoms with Gasteiger partial charge in [0.25, 0.3) is 0 Å². The second-order valence-electron chi connectivity index (χ2n) is 10.7. The van der Waals surface area contributed by atoms with Gasteiger partial charge in [0.05, 0.1) is 19.8 Å². The molecule has 5 aromatic carbocycles. The molecular formula is C35H28O6. The van der Waals surface area contributed by atoms with Crippen LogP contribution in [0.2, 0.25) is 0 Å². The fraction of sp³-hybridized carbons (Fsp3) is 0.200. The molecule has 5 aromatic rings. The number of benzene rings is 5. The molecule has 6 heteroatoms. The zero-order valence-corrected chi connectivity index (χ0v) is 22.3. The summed E-state index contributed by atoms with van der Waals surface area (Å²) in [6.45, 7) is 2.76. The van der Waals surface area contributed by atoms with Gasteiger partial charge in [0, 0.05) is 0 Å². The van der Waals surface area contributed by atoms with Crippen LogP contribution in [0, 0.1) is 0 Å². The van der Waals surface area contributed by atoms with Gasteiger partial charge in [-0.05, 0) is 93.3 Å². The van der Waals surface area contributed by atoms with Crippen molar-refractivity contribution in [2.45, 2.75) is 18.3 Å². The molecule has 0 bridgehead atoms. The Morgan fingerprint density at radius 1 is 0.561 bits per heavy atom. The fourth-order valence-electron chi connectivity index (χ4n) is 5.14. The Bertz CT molecular complexity index is 1790. The second-order valence-corrected chi connectivity index (χ2v) is 10.7. The summed E-state index contributed by atoms with van der Waals surface area (Å²) in [4.78, 5) is 0. The van der Waals surface area contributed by atoms with E-state index in [4.69, 9.17) is 28.4 Å². The number of ether oxygens (including phenoxy) is 6. The molecule has 0 radical (unpaired) electrons. The van der Waals surface area contributed by atoms with E-state index in [-0.39, 0.29) is 18.3 Å². The maximum Gasteiger partial charge on any atom is 0.128 e. The lowest BCUT2D eigenvalue weighted by Gasteiger charge is -2.14. The summed E-state index contributed by atoms with van der Waals surface area (Å²) in [5.41, 5.74) is 2.27. The van der Waals surface area contributed by atoms with E-state index in [2.05, 4.69) is 48.6 Å². The first-order valence-electron chi connectivity index (χ1n) is 13.9. The van der Waals surface area contributed by atoms with Gasteiger partial charge in [-0.25, -0.2) is 0 Å². The third-order valence-electron chi connectivity index (χ3n) is 7.56. The summed E-state index contributed by atoms with van der Waals surface area (Å²) < 4.78 is 35.0. The van der Waals surface area contributed by atoms with Crippen LogP contribution >= 0.6 is 0 Å². The van der Waals surface area contributed by atoms with Crippen molar-refractivity contribution in [2.24, 2.45) is 0 Å². The van der Waals surface area contributed by atoms with Gasteiger partial charge in [0.2, 0.25) is 0 Å². The van der Waals surface area contributed by atoms with Gasteiger partial charge >= 0.3 is 0 Å². The van der Waals surface area contributed by atoms with Gasteiger partial charge in [-0.15, -0.1) is 0 Å². The first-order chi connectivity index (χ1) is 20.2. The lowest BCUT2D eigenvalue weighted by molar-refractivity contribution is 0.0737. The molecule has 8 rings (SSSR count). The van der Waals surface area contributed by atoms with Crippen LogP contribution in [0.25, 0.3) is 27.6 Å². The summed E-state index contributed by atoms with van der Waals surface area (Å²) in [6, 6.07) is 30.5. The van der Waals surface area contributed by atoms with Crippen LogP contribution in [-0.4, -0.2) is 38.6 Å². The number of fused-ring (bicyclic) bond motifs is 3. The molecule has 41 heavy (non-hydrogen) atoms. The van der Waals surface area contributed by atoms with Crippen molar-refractivity contribution in [3.05, 3.63) is 108 Å². The summed E-state index contributed by atoms with van der Waals surface area (Å²) in [5, 5.41) is 4.34. The van der Waals surface area contributed by atoms with Crippen LogP contribution in [0.5, 0.6) is 28.7 Å². The topological polar surface area (TPSA) is 62.0 Å². The molecule has 2 heterocycles. The van der Waals surface area contributed by atoms with E-state index in [1.807, 2.05) is 54.6 Å². The van der Waals surface area contributed by atoms with Gasteiger partial charge in [-0.3, -0.25) is 0 Å². The zero-order chi connectivity index (χ0) is 27.2. The molecule has 3 unspecified atom stereocenters. The van der Waals surface area contributed by atoms with Crippen molar-refractivity contribution in [1.29, 1.82) is 0 Å². The molecular weight excluding hydrogens is 516 g/mol. The van der Waals surface area contributed by atoms with Crippen LogP contribution in [-0.2, 0) is 14.2 Å². The minimum Gasteiger partial charge on any atom is -0.491 e. The predicted octanol–water partition coefficient (Wildman–Crippen LogP) is 7.84. The second kappa shape index (κ2) is 10.2. The zero-order valence-electron chi connectivity index (χ0n) is 22.3. The molecule has 6 nitrogen and oxygen atoms in total. The lowest BCUT2D eigenvalue weighted by atomic mass is 10.1. The van der Waals surface area contributed by atoms with Crippen molar-refractivity contribution in [1.82, 2.24) is 0 Å². The first-order valence-corrected chi connectivity index (χ1v) is 13.9. The highest BCUT2D eigenvalue weighted by atomic mass is 16.6. The third kappa shape index (κ3) is 5.50. The highest BCUT2D eigenvalue weighted by Crippen LogP contribution is 2.37. The first kappa shape index (κ1) is 24.4. The van der Waals surface area contributed by atoms with Gasteiger partial charge in [-0.1, -0.05) is 42.5 Å². The largest absolute Gasteiger partial charge is 0.491 e. The average molecular weight is 545 g/mol. The Balaban J connectivity index is 0.990. The van der Waals surface area contributed by atoms with Crippen molar-refractivity contribution in [3.8, 4) is 28.7 Å². The molecule has 204 valence electrons. The molecule has 1 aliphatic carbocycles. The van der Waals surface area contributed by atoms with Gasteiger partial charge in [0.1, 0.15) is 53.7 Å². The summed E-state index contributed by atoms with van der Waals surface area (Å²) >= 11 is 0. The molecule has 0 saturated carbocycles. The van der Waals surface area contributed by atoms with Crippen molar-refractivity contribution in [2.75, 3.05) is 26.4 Å². The van der Waals surface area contributed by atoms with Crippen LogP contribution in [0.4, 0.5) is 0 Å². The number of rotatable bonds is 10. The molecule has 2 saturated heterocycles. The standard InChI is InChI=1S/C35H28O6/c1-7-27(36-18-32-19-37-32)13-25-14-28(8-2-22(1)25)40-29-9-3-23-4-10-30(16-26(23)15-29)41-31-11-5-24-6-12-35(34(24)17-31)39-21-33-20-38-33/h1-17,32-33,35H,18-21H2. The van der Waals surface area contributed by atoms with Crippen molar-refractivity contribution in [3.63, 3.8) is 0 Å². The molecule has 0 amide bonds. The van der Waals surface area contributed by atoms with E-state index < -0.39 is 0 Å². The smallest absolute Gasteiger partial charge is 0.128 e. The molecule has 3 aliphatic rings. The van der Waals surface area contributed by atoms with E-state index in [9.17, 15) is 0 Å². The van der Waals surface area contributed by atoms with E-state index in [1.165, 1.54) is 0 Å². The predicted molar refractivity (Wildman–Crippen MR) is 157 cm³/mol. The van der Waals surface area contributed by atoms with Crippen LogP contribution in [0.15, 0.2) is 97.1 Å². The normalized spacial score (nSPS) is 20.2. The highest BCUT2D eigenvalue weighted by molar-refractivity contribution is 5.86. The Labute approximate surface area is 237 Å². The van der Waals surface area contributed by atoms with E-state index in [1.54, 1.807) is 0 Å². The Morgan fingerprint density at radius 2 is 1.07 bits per heavy atom. The SMILES string of the molecule is C1=CC(OCC2CO2)c2cc(Oc3ccc4ccc(Oc5ccc6ccc(OCC7CO7)cc6c5)cc4c3)ccc21. The average Bonchev–Trinajstić information content (AvgIpc) is 3.94. The van der Waals surface area contributed by atoms with Crippen molar-refractivity contribution < 1.29 is 28.4 Å². The van der Waals surface area contributed by atoms with Crippen molar-refractivity contribution >= 4 is 27.6 Å². The highest BCUT2D eigenvalue weighted by Gasteiger charge is 2.26. The quantitative estimate of drug-likeness (QED) is 0.167. The molecule has 0 N–H and O–H groups in total. The van der Waals surface area contributed by atoms with Gasteiger partial charge < -0.3 is 28.4 Å². The summed E-state index contributed by atoms with van der Waals surface area (Å²) in [6.07, 6.45) is 4.58. The Kier molecular flexibility index (Phi) is 6.10. The molecule has 0 spiro atoms. The fourth-order valence-corrected chi connectivity index (χ4v) is 5.14. The lowest BCUT2D eigenvalue weighted by Crippen LogP contribution is -2.06. The van der Waals surface area contributed by atoms with Gasteiger partial charge in [0.15, 0.2) is 0 Å². The summed E-state index contributed by atoms with van der Waals surface area (Å²) in [7, 11) is 0. The van der Waals surface area contributed by atoms with Crippen LogP contribution < -0.4 is 14.2 Å². The van der Waals surface area contributed by atoms with Crippen LogP contribution in [0.3, 0.4) is 0 Å². The molecule has 2 fully saturated rings. The maximum absolute atomic E-state index is 6.29. The maximum atomic E-state index is 6.29. The molecule has 0 aromatic heterocycles. The van der Waals surface area contributed by atoms with E-state index in [0.717, 1.165) is 74.6 Å². The number of hydrogen-bond acceptors (Lipinski definition) is 6. The minimum absolute atomic E-state index is 0.0689.